The molecule has 0 unspecified atom stereocenters. The van der Waals surface area contributed by atoms with Crippen LogP contribution in [0.15, 0.2) is 12.4 Å². The number of nitrogens with zero attached hydrogens (tertiary/aromatic N) is 5. The van der Waals surface area contributed by atoms with Crippen LogP contribution in [-0.2, 0) is 5.54 Å². The summed E-state index contributed by atoms with van der Waals surface area (Å²) in [6.45, 7) is 6.07. The van der Waals surface area contributed by atoms with Crippen LogP contribution in [0, 0.1) is 24.2 Å². The minimum atomic E-state index is -0.744. The van der Waals surface area contributed by atoms with Gasteiger partial charge in [-0.3, -0.25) is 4.68 Å². The average molecular weight is 418 g/mol. The number of anilines is 2. The quantitative estimate of drug-likeness (QED) is 0.706. The van der Waals surface area contributed by atoms with Crippen LogP contribution in [0.1, 0.15) is 45.2 Å². The molecular formula is C20H28ClN7O. The van der Waals surface area contributed by atoms with Crippen LogP contribution < -0.4 is 15.4 Å². The first kappa shape index (κ1) is 21.3. The van der Waals surface area contributed by atoms with Crippen molar-refractivity contribution >= 4 is 23.2 Å². The average Bonchev–Trinajstić information content (AvgIpc) is 3.10. The molecule has 1 saturated carbocycles. The van der Waals surface area contributed by atoms with Crippen LogP contribution in [-0.4, -0.2) is 39.4 Å². The second kappa shape index (κ2) is 8.97. The molecule has 2 N–H and O–H groups in total. The Balaban J connectivity index is 1.66. The van der Waals surface area contributed by atoms with Gasteiger partial charge in [-0.05, 0) is 59.4 Å². The molecule has 156 valence electrons. The molecular weight excluding hydrogens is 390 g/mol. The minimum absolute atomic E-state index is 0.376. The number of aryl methyl sites for hydroxylation is 1. The van der Waals surface area contributed by atoms with Crippen LogP contribution >= 0.6 is 11.6 Å². The molecule has 9 heteroatoms. The Morgan fingerprint density at radius 3 is 2.72 bits per heavy atom. The van der Waals surface area contributed by atoms with Crippen molar-refractivity contribution in [3.05, 3.63) is 23.1 Å². The topological polar surface area (TPSA) is 101 Å². The first-order valence-corrected chi connectivity index (χ1v) is 10.3. The van der Waals surface area contributed by atoms with Gasteiger partial charge >= 0.3 is 0 Å². The van der Waals surface area contributed by atoms with Gasteiger partial charge < -0.3 is 15.4 Å². The molecule has 1 aliphatic carbocycles. The SMILES string of the molecule is CN[C@H]1CC[C@H](COc2nc(Nc3cn(C(C)(C)C#N)nc3C)ncc2Cl)CC1. The van der Waals surface area contributed by atoms with E-state index >= 15 is 0 Å². The van der Waals surface area contributed by atoms with Crippen LogP contribution in [0.25, 0.3) is 0 Å². The lowest BCUT2D eigenvalue weighted by Crippen LogP contribution is -2.31. The highest BCUT2D eigenvalue weighted by atomic mass is 35.5. The van der Waals surface area contributed by atoms with E-state index in [0.29, 0.717) is 35.4 Å². The fraction of sp³-hybridized carbons (Fsp3) is 0.600. The summed E-state index contributed by atoms with van der Waals surface area (Å²) < 4.78 is 7.55. The molecule has 1 fully saturated rings. The third kappa shape index (κ3) is 5.17. The van der Waals surface area contributed by atoms with Crippen LogP contribution in [0.4, 0.5) is 11.6 Å². The van der Waals surface area contributed by atoms with E-state index in [1.165, 1.54) is 6.20 Å². The molecule has 0 bridgehead atoms. The van der Waals surface area contributed by atoms with E-state index in [4.69, 9.17) is 16.3 Å². The Hall–Kier alpha value is -2.37. The number of halogens is 1. The smallest absolute Gasteiger partial charge is 0.237 e. The number of hydrogen-bond acceptors (Lipinski definition) is 7. The van der Waals surface area contributed by atoms with E-state index in [2.05, 4.69) is 31.8 Å². The summed E-state index contributed by atoms with van der Waals surface area (Å²) >= 11 is 6.24. The van der Waals surface area contributed by atoms with Gasteiger partial charge in [-0.2, -0.15) is 15.3 Å². The third-order valence-corrected chi connectivity index (χ3v) is 5.67. The van der Waals surface area contributed by atoms with Gasteiger partial charge in [0.2, 0.25) is 11.8 Å². The second-order valence-electron chi connectivity index (χ2n) is 8.03. The van der Waals surface area contributed by atoms with Crippen LogP contribution in [0.2, 0.25) is 5.02 Å². The van der Waals surface area contributed by atoms with E-state index in [9.17, 15) is 5.26 Å². The highest BCUT2D eigenvalue weighted by Crippen LogP contribution is 2.28. The van der Waals surface area contributed by atoms with Gasteiger partial charge in [0.1, 0.15) is 10.6 Å². The molecule has 0 atom stereocenters. The van der Waals surface area contributed by atoms with Crippen molar-refractivity contribution in [2.75, 3.05) is 19.0 Å². The summed E-state index contributed by atoms with van der Waals surface area (Å²) in [6.07, 6.45) is 7.90. The zero-order valence-electron chi connectivity index (χ0n) is 17.4. The summed E-state index contributed by atoms with van der Waals surface area (Å²) in [4.78, 5) is 8.66. The first-order valence-electron chi connectivity index (χ1n) is 9.90. The van der Waals surface area contributed by atoms with Crippen molar-refractivity contribution in [3.63, 3.8) is 0 Å². The summed E-state index contributed by atoms with van der Waals surface area (Å²) in [5, 5.41) is 20.6. The molecule has 0 radical (unpaired) electrons. The monoisotopic (exact) mass is 417 g/mol. The lowest BCUT2D eigenvalue weighted by atomic mass is 9.87. The van der Waals surface area contributed by atoms with E-state index in [0.717, 1.165) is 37.1 Å². The lowest BCUT2D eigenvalue weighted by Gasteiger charge is -2.28. The number of nitrogens with one attached hydrogen (secondary N) is 2. The zero-order valence-corrected chi connectivity index (χ0v) is 18.1. The standard InChI is InChI=1S/C20H28ClN7O/c1-13-17(10-28(27-13)20(2,3)12-22)25-19-24-9-16(21)18(26-19)29-11-14-5-7-15(23-4)8-6-14/h9-10,14-15,23H,5-8,11H2,1-4H3,(H,24,25,26)/t14-,15-. The molecule has 2 aromatic rings. The zero-order chi connectivity index (χ0) is 21.0. The number of nitriles is 1. The van der Waals surface area contributed by atoms with Crippen LogP contribution in [0.5, 0.6) is 5.88 Å². The fourth-order valence-corrected chi connectivity index (χ4v) is 3.51. The normalized spacial score (nSPS) is 19.6. The molecule has 2 heterocycles. The van der Waals surface area contributed by atoms with E-state index in [1.54, 1.807) is 24.7 Å². The van der Waals surface area contributed by atoms with Crippen molar-refractivity contribution in [2.45, 2.75) is 58.0 Å². The second-order valence-corrected chi connectivity index (χ2v) is 8.44. The summed E-state index contributed by atoms with van der Waals surface area (Å²) in [5.74, 6) is 1.26. The van der Waals surface area contributed by atoms with Gasteiger partial charge in [0, 0.05) is 6.04 Å². The maximum absolute atomic E-state index is 9.31. The molecule has 3 rings (SSSR count). The van der Waals surface area contributed by atoms with Crippen molar-refractivity contribution in [3.8, 4) is 11.9 Å². The van der Waals surface area contributed by atoms with Gasteiger partial charge in [-0.15, -0.1) is 0 Å². The van der Waals surface area contributed by atoms with Gasteiger partial charge in [0.25, 0.3) is 0 Å². The third-order valence-electron chi connectivity index (χ3n) is 5.41. The van der Waals surface area contributed by atoms with Crippen molar-refractivity contribution < 1.29 is 4.74 Å². The number of hydrogen-bond donors (Lipinski definition) is 2. The van der Waals surface area contributed by atoms with Gasteiger partial charge in [-0.1, -0.05) is 11.6 Å². The molecule has 0 amide bonds. The lowest BCUT2D eigenvalue weighted by molar-refractivity contribution is 0.189. The summed E-state index contributed by atoms with van der Waals surface area (Å²) in [7, 11) is 2.02. The van der Waals surface area contributed by atoms with Crippen LogP contribution in [0.3, 0.4) is 0 Å². The summed E-state index contributed by atoms with van der Waals surface area (Å²) in [6, 6.07) is 2.84. The Bertz CT molecular complexity index is 881. The molecule has 8 nitrogen and oxygen atoms in total. The van der Waals surface area contributed by atoms with E-state index in [-0.39, 0.29) is 0 Å². The van der Waals surface area contributed by atoms with Crippen molar-refractivity contribution in [1.82, 2.24) is 25.1 Å². The van der Waals surface area contributed by atoms with Gasteiger partial charge in [-0.25, -0.2) is 4.98 Å². The van der Waals surface area contributed by atoms with Gasteiger partial charge in [0.15, 0.2) is 0 Å². The number of aromatic nitrogens is 4. The molecule has 29 heavy (non-hydrogen) atoms. The first-order chi connectivity index (χ1) is 13.8. The van der Waals surface area contributed by atoms with Crippen molar-refractivity contribution in [2.24, 2.45) is 5.92 Å². The molecule has 0 spiro atoms. The van der Waals surface area contributed by atoms with E-state index < -0.39 is 5.54 Å². The Morgan fingerprint density at radius 2 is 2.07 bits per heavy atom. The Kier molecular flexibility index (Phi) is 6.60. The maximum atomic E-state index is 9.31. The van der Waals surface area contributed by atoms with E-state index in [1.807, 2.05) is 14.0 Å². The molecule has 1 aliphatic rings. The Labute approximate surface area is 176 Å². The highest BCUT2D eigenvalue weighted by Gasteiger charge is 2.23. The largest absolute Gasteiger partial charge is 0.476 e. The number of rotatable bonds is 7. The predicted molar refractivity (Wildman–Crippen MR) is 113 cm³/mol. The number of ether oxygens (including phenoxy) is 1. The predicted octanol–water partition coefficient (Wildman–Crippen LogP) is 3.79. The molecule has 2 aromatic heterocycles. The molecule has 0 aromatic carbocycles. The molecule has 0 aliphatic heterocycles. The Morgan fingerprint density at radius 1 is 1.34 bits per heavy atom. The van der Waals surface area contributed by atoms with Gasteiger partial charge in [0.05, 0.1) is 36.5 Å². The highest BCUT2D eigenvalue weighted by molar-refractivity contribution is 6.31. The fourth-order valence-electron chi connectivity index (χ4n) is 3.37. The van der Waals surface area contributed by atoms with Crippen molar-refractivity contribution in [1.29, 1.82) is 5.26 Å². The minimum Gasteiger partial charge on any atom is -0.476 e. The maximum Gasteiger partial charge on any atom is 0.237 e. The molecule has 0 saturated heterocycles. The summed E-state index contributed by atoms with van der Waals surface area (Å²) in [5.41, 5.74) is 0.731.